The number of benzene rings is 4. The number of hydrogen-bond acceptors (Lipinski definition) is 1. The zero-order valence-electron chi connectivity index (χ0n) is 27.8. The lowest BCUT2D eigenvalue weighted by Crippen LogP contribution is -2.36. The van der Waals surface area contributed by atoms with Gasteiger partial charge in [-0.1, -0.05) is 143 Å². The van der Waals surface area contributed by atoms with Gasteiger partial charge in [-0.15, -0.1) is 0 Å². The summed E-state index contributed by atoms with van der Waals surface area (Å²) in [6, 6.07) is 32.2. The van der Waals surface area contributed by atoms with Crippen LogP contribution >= 0.6 is 0 Å². The third-order valence-electron chi connectivity index (χ3n) is 11.0. The second kappa shape index (κ2) is 10.7. The molecule has 0 spiro atoms. The van der Waals surface area contributed by atoms with Crippen LogP contribution in [-0.2, 0) is 10.8 Å². The monoisotopic (exact) mass is 597 g/mol. The molecule has 1 unspecified atom stereocenters. The Kier molecular flexibility index (Phi) is 6.73. The van der Waals surface area contributed by atoms with Gasteiger partial charge in [-0.05, 0) is 100 Å². The average Bonchev–Trinajstić information content (AvgIpc) is 3.43. The van der Waals surface area contributed by atoms with E-state index in [2.05, 4.69) is 167 Å². The van der Waals surface area contributed by atoms with E-state index in [-0.39, 0.29) is 10.8 Å². The number of para-hydroxylation sites is 1. The first-order valence-corrected chi connectivity index (χ1v) is 16.9. The van der Waals surface area contributed by atoms with Crippen molar-refractivity contribution in [2.75, 3.05) is 4.90 Å². The predicted octanol–water partition coefficient (Wildman–Crippen LogP) is 11.6. The second-order valence-electron chi connectivity index (χ2n) is 14.6. The standard InChI is InChI=1S/C45H43N/c1-30-16-22-36-37-23-19-31(27-41(37)44(2,3)40(36)26-30)17-18-32-20-24-38-39-25-21-35(29-43(39)45(4,5)42(38)28-32)46(33-12-8-6-9-13-33)34-14-10-7-11-15-34/h6-10,12-14,16-28,35H,11,15,29H2,1-5H3/b18-17+. The van der Waals surface area contributed by atoms with E-state index < -0.39 is 0 Å². The van der Waals surface area contributed by atoms with E-state index in [1.807, 2.05) is 0 Å². The van der Waals surface area contributed by atoms with Crippen molar-refractivity contribution in [1.82, 2.24) is 0 Å². The fourth-order valence-electron chi connectivity index (χ4n) is 8.41. The molecule has 0 amide bonds. The quantitative estimate of drug-likeness (QED) is 0.207. The first-order valence-electron chi connectivity index (χ1n) is 16.9. The van der Waals surface area contributed by atoms with Gasteiger partial charge in [0.1, 0.15) is 0 Å². The van der Waals surface area contributed by atoms with Crippen LogP contribution in [0.15, 0.2) is 127 Å². The Bertz CT molecular complexity index is 2020. The van der Waals surface area contributed by atoms with E-state index in [1.165, 1.54) is 67.0 Å². The zero-order valence-corrected chi connectivity index (χ0v) is 27.8. The molecule has 0 radical (unpaired) electrons. The lowest BCUT2D eigenvalue weighted by atomic mass is 9.77. The van der Waals surface area contributed by atoms with Gasteiger partial charge in [0.2, 0.25) is 0 Å². The van der Waals surface area contributed by atoms with Crippen LogP contribution in [0.1, 0.15) is 85.9 Å². The molecule has 8 rings (SSSR count). The molecule has 4 aromatic carbocycles. The lowest BCUT2D eigenvalue weighted by molar-refractivity contribution is 0.577. The van der Waals surface area contributed by atoms with Crippen molar-refractivity contribution >= 4 is 23.4 Å². The molecular weight excluding hydrogens is 555 g/mol. The molecule has 1 nitrogen and oxygen atoms in total. The van der Waals surface area contributed by atoms with Crippen molar-refractivity contribution in [1.29, 1.82) is 0 Å². The second-order valence-corrected chi connectivity index (χ2v) is 14.6. The van der Waals surface area contributed by atoms with Gasteiger partial charge in [0.15, 0.2) is 0 Å². The molecule has 1 atom stereocenters. The van der Waals surface area contributed by atoms with Crippen LogP contribution in [0.4, 0.5) is 5.69 Å². The number of fused-ring (bicyclic) bond motifs is 5. The highest BCUT2D eigenvalue weighted by atomic mass is 15.2. The molecule has 0 fully saturated rings. The van der Waals surface area contributed by atoms with Crippen LogP contribution in [0.5, 0.6) is 0 Å². The van der Waals surface area contributed by atoms with Gasteiger partial charge in [-0.3, -0.25) is 0 Å². The molecule has 0 heterocycles. The van der Waals surface area contributed by atoms with Gasteiger partial charge in [-0.25, -0.2) is 0 Å². The topological polar surface area (TPSA) is 3.24 Å². The first-order chi connectivity index (χ1) is 22.2. The molecule has 46 heavy (non-hydrogen) atoms. The van der Waals surface area contributed by atoms with Gasteiger partial charge in [0.05, 0.1) is 6.04 Å². The van der Waals surface area contributed by atoms with Crippen molar-refractivity contribution < 1.29 is 0 Å². The summed E-state index contributed by atoms with van der Waals surface area (Å²) < 4.78 is 0. The van der Waals surface area contributed by atoms with Crippen LogP contribution < -0.4 is 4.90 Å². The molecule has 0 bridgehead atoms. The normalized spacial score (nSPS) is 19.9. The Morgan fingerprint density at radius 3 is 2.07 bits per heavy atom. The van der Waals surface area contributed by atoms with Gasteiger partial charge in [0.25, 0.3) is 0 Å². The first kappa shape index (κ1) is 28.8. The molecule has 0 aromatic heterocycles. The van der Waals surface area contributed by atoms with Gasteiger partial charge in [-0.2, -0.15) is 0 Å². The van der Waals surface area contributed by atoms with Crippen LogP contribution in [-0.4, -0.2) is 6.04 Å². The third kappa shape index (κ3) is 4.59. The molecule has 0 N–H and O–H groups in total. The predicted molar refractivity (Wildman–Crippen MR) is 197 cm³/mol. The number of aryl methyl sites for hydroxylation is 1. The summed E-state index contributed by atoms with van der Waals surface area (Å²) in [4.78, 5) is 2.58. The summed E-state index contributed by atoms with van der Waals surface area (Å²) in [6.07, 6.45) is 19.5. The number of rotatable bonds is 5. The smallest absolute Gasteiger partial charge is 0.0560 e. The molecule has 0 aliphatic heterocycles. The Morgan fingerprint density at radius 2 is 1.37 bits per heavy atom. The van der Waals surface area contributed by atoms with Crippen molar-refractivity contribution in [2.45, 2.75) is 70.8 Å². The molecule has 4 aliphatic rings. The van der Waals surface area contributed by atoms with E-state index in [4.69, 9.17) is 0 Å². The summed E-state index contributed by atoms with van der Waals surface area (Å²) in [7, 11) is 0. The van der Waals surface area contributed by atoms with Crippen LogP contribution in [0.3, 0.4) is 0 Å². The van der Waals surface area contributed by atoms with Gasteiger partial charge >= 0.3 is 0 Å². The molecular formula is C45H43N. The molecule has 0 saturated carbocycles. The van der Waals surface area contributed by atoms with Crippen molar-refractivity contribution in [3.63, 3.8) is 0 Å². The van der Waals surface area contributed by atoms with Crippen LogP contribution in [0.2, 0.25) is 0 Å². The highest BCUT2D eigenvalue weighted by Crippen LogP contribution is 2.52. The average molecular weight is 598 g/mol. The fraction of sp³-hybridized carbons (Fsp3) is 0.244. The highest BCUT2D eigenvalue weighted by Gasteiger charge is 2.40. The third-order valence-corrected chi connectivity index (χ3v) is 11.0. The number of nitrogens with zero attached hydrogens (tertiary/aromatic N) is 1. The number of anilines is 1. The zero-order chi connectivity index (χ0) is 31.6. The van der Waals surface area contributed by atoms with Crippen LogP contribution in [0.25, 0.3) is 28.9 Å². The molecule has 228 valence electrons. The van der Waals surface area contributed by atoms with Crippen LogP contribution in [0, 0.1) is 6.92 Å². The summed E-state index contributed by atoms with van der Waals surface area (Å²) in [6.45, 7) is 11.8. The maximum atomic E-state index is 2.58. The lowest BCUT2D eigenvalue weighted by Gasteiger charge is -2.38. The van der Waals surface area contributed by atoms with E-state index in [1.54, 1.807) is 5.57 Å². The minimum Gasteiger partial charge on any atom is -0.338 e. The summed E-state index contributed by atoms with van der Waals surface area (Å²) in [5.41, 5.74) is 17.9. The molecule has 4 aromatic rings. The maximum absolute atomic E-state index is 2.58. The number of hydrogen-bond donors (Lipinski definition) is 0. The summed E-state index contributed by atoms with van der Waals surface area (Å²) >= 11 is 0. The van der Waals surface area contributed by atoms with E-state index in [0.717, 1.165) is 19.3 Å². The Balaban J connectivity index is 1.07. The Hall–Kier alpha value is -4.62. The largest absolute Gasteiger partial charge is 0.338 e. The molecule has 1 heteroatoms. The van der Waals surface area contributed by atoms with E-state index >= 15 is 0 Å². The minimum atomic E-state index is -0.0256. The van der Waals surface area contributed by atoms with Crippen molar-refractivity contribution in [3.05, 3.63) is 166 Å². The number of allylic oxidation sites excluding steroid dienone is 6. The van der Waals surface area contributed by atoms with Crippen molar-refractivity contribution in [2.24, 2.45) is 0 Å². The Labute approximate surface area is 275 Å². The van der Waals surface area contributed by atoms with Crippen molar-refractivity contribution in [3.8, 4) is 11.1 Å². The highest BCUT2D eigenvalue weighted by molar-refractivity contribution is 5.89. The molecule has 4 aliphatic carbocycles. The van der Waals surface area contributed by atoms with Gasteiger partial charge in [0, 0.05) is 22.2 Å². The summed E-state index contributed by atoms with van der Waals surface area (Å²) in [5.74, 6) is 0. The summed E-state index contributed by atoms with van der Waals surface area (Å²) in [5, 5.41) is 0. The minimum absolute atomic E-state index is 0.00849. The van der Waals surface area contributed by atoms with Gasteiger partial charge < -0.3 is 4.90 Å². The molecule has 0 saturated heterocycles. The maximum Gasteiger partial charge on any atom is 0.0560 e. The fourth-order valence-corrected chi connectivity index (χ4v) is 8.41. The van der Waals surface area contributed by atoms with E-state index in [0.29, 0.717) is 6.04 Å². The SMILES string of the molecule is Cc1ccc2c(c1)C(C)(C)c1cc(/C=C/c3ccc4c(c3)C(C)(C)C3=C4C=CC(N(C4=CC=CCC4)c4ccccc4)C3)ccc1-2. The Morgan fingerprint density at radius 1 is 0.717 bits per heavy atom. The van der Waals surface area contributed by atoms with E-state index in [9.17, 15) is 0 Å².